The van der Waals surface area contributed by atoms with Crippen molar-refractivity contribution in [1.29, 1.82) is 0 Å². The number of hydrogen-bond acceptors (Lipinski definition) is 3. The fraction of sp³-hybridized carbons (Fsp3) is 0.917. The quantitative estimate of drug-likeness (QED) is 0.832. The second-order valence-corrected chi connectivity index (χ2v) is 7.67. The molecule has 0 radical (unpaired) electrons. The van der Waals surface area contributed by atoms with E-state index >= 15 is 0 Å². The molecule has 106 valence electrons. The van der Waals surface area contributed by atoms with Crippen LogP contribution in [0.5, 0.6) is 0 Å². The molecule has 18 heavy (non-hydrogen) atoms. The van der Waals surface area contributed by atoms with Crippen molar-refractivity contribution in [3.63, 3.8) is 0 Å². The lowest BCUT2D eigenvalue weighted by Gasteiger charge is -2.33. The highest BCUT2D eigenvalue weighted by Gasteiger charge is 2.31. The van der Waals surface area contributed by atoms with Gasteiger partial charge >= 0.3 is 0 Å². The molecule has 0 spiro atoms. The van der Waals surface area contributed by atoms with Gasteiger partial charge < -0.3 is 5.32 Å². The van der Waals surface area contributed by atoms with Crippen molar-refractivity contribution < 1.29 is 13.2 Å². The van der Waals surface area contributed by atoms with Crippen LogP contribution in [0, 0.1) is 5.92 Å². The van der Waals surface area contributed by atoms with Gasteiger partial charge in [0.1, 0.15) is 0 Å². The number of nitrogens with one attached hydrogen (secondary N) is 1. The highest BCUT2D eigenvalue weighted by Crippen LogP contribution is 2.20. The monoisotopic (exact) mass is 276 g/mol. The highest BCUT2D eigenvalue weighted by atomic mass is 32.2. The predicted octanol–water partition coefficient (Wildman–Crippen LogP) is 0.963. The Labute approximate surface area is 110 Å². The van der Waals surface area contributed by atoms with Crippen LogP contribution in [0.4, 0.5) is 0 Å². The zero-order valence-corrected chi connectivity index (χ0v) is 12.5. The Morgan fingerprint density at radius 3 is 2.56 bits per heavy atom. The van der Waals surface area contributed by atoms with Crippen molar-refractivity contribution in [2.45, 2.75) is 45.6 Å². The van der Waals surface area contributed by atoms with Gasteiger partial charge in [0, 0.05) is 18.6 Å². The van der Waals surface area contributed by atoms with Gasteiger partial charge in [-0.05, 0) is 33.1 Å². The third-order valence-electron chi connectivity index (χ3n) is 3.57. The van der Waals surface area contributed by atoms with Gasteiger partial charge in [0.15, 0.2) is 0 Å². The average Bonchev–Trinajstić information content (AvgIpc) is 2.27. The molecule has 0 aromatic rings. The summed E-state index contributed by atoms with van der Waals surface area (Å²) in [6, 6.07) is 0. The molecule has 1 amide bonds. The van der Waals surface area contributed by atoms with Crippen LogP contribution >= 0.6 is 0 Å². The Kier molecular flexibility index (Phi) is 4.78. The molecular weight excluding hydrogens is 252 g/mol. The molecule has 1 heterocycles. The number of rotatable bonds is 4. The van der Waals surface area contributed by atoms with Crippen LogP contribution in [-0.4, -0.2) is 43.5 Å². The van der Waals surface area contributed by atoms with E-state index in [9.17, 15) is 13.2 Å². The van der Waals surface area contributed by atoms with Crippen LogP contribution in [0.1, 0.15) is 40.0 Å². The molecule has 1 rings (SSSR count). The van der Waals surface area contributed by atoms with Gasteiger partial charge in [0.2, 0.25) is 15.9 Å². The first kappa shape index (κ1) is 15.4. The van der Waals surface area contributed by atoms with Crippen LogP contribution in [0.2, 0.25) is 0 Å². The van der Waals surface area contributed by atoms with Crippen LogP contribution in [0.15, 0.2) is 0 Å². The normalized spacial score (nSPS) is 22.8. The Morgan fingerprint density at radius 2 is 2.06 bits per heavy atom. The van der Waals surface area contributed by atoms with Crippen LogP contribution in [0.3, 0.4) is 0 Å². The van der Waals surface area contributed by atoms with Gasteiger partial charge in [-0.2, -0.15) is 0 Å². The van der Waals surface area contributed by atoms with Crippen LogP contribution < -0.4 is 5.32 Å². The largest absolute Gasteiger partial charge is 0.351 e. The summed E-state index contributed by atoms with van der Waals surface area (Å²) < 4.78 is 24.4. The van der Waals surface area contributed by atoms with Crippen molar-refractivity contribution >= 4 is 15.9 Å². The summed E-state index contributed by atoms with van der Waals surface area (Å²) in [5.41, 5.74) is -0.232. The van der Waals surface area contributed by atoms with Gasteiger partial charge in [-0.15, -0.1) is 0 Å². The predicted molar refractivity (Wildman–Crippen MR) is 71.7 cm³/mol. The second-order valence-electron chi connectivity index (χ2n) is 5.69. The number of carbonyl (C=O) groups is 1. The molecular formula is C12H24N2O3S. The zero-order valence-electron chi connectivity index (χ0n) is 11.7. The third kappa shape index (κ3) is 4.24. The smallest absolute Gasteiger partial charge is 0.224 e. The van der Waals surface area contributed by atoms with Crippen molar-refractivity contribution in [1.82, 2.24) is 9.62 Å². The summed E-state index contributed by atoms with van der Waals surface area (Å²) in [6.07, 6.45) is 3.56. The van der Waals surface area contributed by atoms with Crippen LogP contribution in [0.25, 0.3) is 0 Å². The Hall–Kier alpha value is -0.620. The van der Waals surface area contributed by atoms with E-state index in [2.05, 4.69) is 5.32 Å². The van der Waals surface area contributed by atoms with E-state index in [1.54, 1.807) is 0 Å². The summed E-state index contributed by atoms with van der Waals surface area (Å²) in [5.74, 6) is -0.255. The summed E-state index contributed by atoms with van der Waals surface area (Å²) in [5, 5.41) is 2.99. The molecule has 0 bridgehead atoms. The molecule has 1 fully saturated rings. The first-order valence-corrected chi connectivity index (χ1v) is 8.27. The molecule has 0 saturated carbocycles. The summed E-state index contributed by atoms with van der Waals surface area (Å²) in [4.78, 5) is 12.1. The van der Waals surface area contributed by atoms with Gasteiger partial charge in [-0.3, -0.25) is 4.79 Å². The molecule has 1 N–H and O–H groups in total. The maximum atomic E-state index is 12.1. The minimum atomic E-state index is -3.19. The fourth-order valence-electron chi connectivity index (χ4n) is 1.98. The number of sulfonamides is 1. The van der Waals surface area contributed by atoms with Gasteiger partial charge in [-0.25, -0.2) is 12.7 Å². The summed E-state index contributed by atoms with van der Waals surface area (Å²) >= 11 is 0. The van der Waals surface area contributed by atoms with Crippen molar-refractivity contribution in [3.05, 3.63) is 0 Å². The Bertz CT molecular complexity index is 404. The van der Waals surface area contributed by atoms with E-state index in [1.165, 1.54) is 10.6 Å². The maximum absolute atomic E-state index is 12.1. The number of hydrogen-bond donors (Lipinski definition) is 1. The lowest BCUT2D eigenvalue weighted by Crippen LogP contribution is -2.50. The third-order valence-corrected chi connectivity index (χ3v) is 4.84. The van der Waals surface area contributed by atoms with Crippen molar-refractivity contribution in [2.75, 3.05) is 19.3 Å². The van der Waals surface area contributed by atoms with Gasteiger partial charge in [0.05, 0.1) is 12.2 Å². The minimum absolute atomic E-state index is 0.0322. The standard InChI is InChI=1S/C12H24N2O3S/c1-5-12(2,3)13-11(15)10-7-6-8-14(9-10)18(4,16)17/h10H,5-9H2,1-4H3,(H,13,15)/t10-/m0/s1. The Balaban J connectivity index is 2.65. The number of nitrogens with zero attached hydrogens (tertiary/aromatic N) is 1. The summed E-state index contributed by atoms with van der Waals surface area (Å²) in [6.45, 7) is 6.80. The lowest BCUT2D eigenvalue weighted by atomic mass is 9.95. The molecule has 1 atom stereocenters. The second kappa shape index (κ2) is 5.57. The molecule has 0 aliphatic carbocycles. The first-order valence-electron chi connectivity index (χ1n) is 6.43. The van der Waals surface area contributed by atoms with Gasteiger partial charge in [-0.1, -0.05) is 6.92 Å². The van der Waals surface area contributed by atoms with Gasteiger partial charge in [0.25, 0.3) is 0 Å². The number of amides is 1. The number of piperidine rings is 1. The van der Waals surface area contributed by atoms with E-state index in [-0.39, 0.29) is 17.4 Å². The van der Waals surface area contributed by atoms with E-state index in [0.717, 1.165) is 19.3 Å². The molecule has 0 unspecified atom stereocenters. The molecule has 6 heteroatoms. The molecule has 1 aliphatic heterocycles. The van der Waals surface area contributed by atoms with E-state index in [4.69, 9.17) is 0 Å². The van der Waals surface area contributed by atoms with E-state index in [1.807, 2.05) is 20.8 Å². The van der Waals surface area contributed by atoms with Crippen molar-refractivity contribution in [2.24, 2.45) is 5.92 Å². The molecule has 5 nitrogen and oxygen atoms in total. The minimum Gasteiger partial charge on any atom is -0.351 e. The topological polar surface area (TPSA) is 66.5 Å². The highest BCUT2D eigenvalue weighted by molar-refractivity contribution is 7.88. The maximum Gasteiger partial charge on any atom is 0.224 e. The SMILES string of the molecule is CCC(C)(C)NC(=O)[C@H]1CCCN(S(C)(=O)=O)C1. The molecule has 1 saturated heterocycles. The first-order chi connectivity index (χ1) is 8.15. The molecule has 1 aliphatic rings. The Morgan fingerprint density at radius 1 is 1.44 bits per heavy atom. The van der Waals surface area contributed by atoms with Crippen molar-refractivity contribution in [3.8, 4) is 0 Å². The lowest BCUT2D eigenvalue weighted by molar-refractivity contribution is -0.127. The van der Waals surface area contributed by atoms with Crippen LogP contribution in [-0.2, 0) is 14.8 Å². The van der Waals surface area contributed by atoms with E-state index < -0.39 is 10.0 Å². The zero-order chi connectivity index (χ0) is 14.0. The summed E-state index contributed by atoms with van der Waals surface area (Å²) in [7, 11) is -3.19. The average molecular weight is 276 g/mol. The molecule has 0 aromatic carbocycles. The fourth-order valence-corrected chi connectivity index (χ4v) is 2.89. The van der Waals surface area contributed by atoms with E-state index in [0.29, 0.717) is 13.1 Å². The number of carbonyl (C=O) groups excluding carboxylic acids is 1. The molecule has 0 aromatic heterocycles.